The first-order valence-electron chi connectivity index (χ1n) is 9.18. The summed E-state index contributed by atoms with van der Waals surface area (Å²) in [6.45, 7) is 4.10. The molecule has 0 radical (unpaired) electrons. The topological polar surface area (TPSA) is 56.7 Å². The van der Waals surface area contributed by atoms with E-state index in [4.69, 9.17) is 28.8 Å². The van der Waals surface area contributed by atoms with Crippen molar-refractivity contribution in [1.29, 1.82) is 0 Å². The number of hydrogen-bond acceptors (Lipinski definition) is 3. The fourth-order valence-corrected chi connectivity index (χ4v) is 3.44. The standard InChI is InChI=1S/C21H23ClN4OS/c1-4-13(2)23-21(28)25-19-20(27)26(3)17-11-10-15(22)12-16(17)18(24-19)14-8-6-5-7-9-14/h5-13,19H,4H2,1-3H3,(H2,23,25,28). The summed E-state index contributed by atoms with van der Waals surface area (Å²) in [5, 5.41) is 7.23. The van der Waals surface area contributed by atoms with Crippen LogP contribution in [-0.2, 0) is 4.79 Å². The fourth-order valence-electron chi connectivity index (χ4n) is 2.96. The molecule has 1 aliphatic heterocycles. The Labute approximate surface area is 175 Å². The van der Waals surface area contributed by atoms with E-state index in [1.54, 1.807) is 18.0 Å². The fraction of sp³-hybridized carbons (Fsp3) is 0.286. The molecular formula is C21H23ClN4OS. The number of carbonyl (C=O) groups excluding carboxylic acids is 1. The molecule has 3 rings (SSSR count). The average molecular weight is 415 g/mol. The minimum Gasteiger partial charge on any atom is -0.360 e. The van der Waals surface area contributed by atoms with Crippen molar-refractivity contribution in [3.05, 3.63) is 64.7 Å². The van der Waals surface area contributed by atoms with Crippen LogP contribution in [0.5, 0.6) is 0 Å². The Morgan fingerprint density at radius 1 is 1.29 bits per heavy atom. The molecule has 28 heavy (non-hydrogen) atoms. The van der Waals surface area contributed by atoms with Gasteiger partial charge >= 0.3 is 0 Å². The largest absolute Gasteiger partial charge is 0.360 e. The van der Waals surface area contributed by atoms with Crippen molar-refractivity contribution >= 4 is 46.2 Å². The van der Waals surface area contributed by atoms with E-state index in [0.29, 0.717) is 15.8 Å². The van der Waals surface area contributed by atoms with E-state index in [-0.39, 0.29) is 11.9 Å². The summed E-state index contributed by atoms with van der Waals surface area (Å²) in [5.74, 6) is -0.192. The summed E-state index contributed by atoms with van der Waals surface area (Å²) < 4.78 is 0. The van der Waals surface area contributed by atoms with Crippen molar-refractivity contribution in [1.82, 2.24) is 10.6 Å². The van der Waals surface area contributed by atoms with Crippen molar-refractivity contribution < 1.29 is 4.79 Å². The van der Waals surface area contributed by atoms with Gasteiger partial charge in [-0.3, -0.25) is 4.79 Å². The van der Waals surface area contributed by atoms with E-state index in [0.717, 1.165) is 23.2 Å². The number of amides is 1. The second-order valence-electron chi connectivity index (χ2n) is 6.73. The van der Waals surface area contributed by atoms with Crippen LogP contribution in [0.15, 0.2) is 53.5 Å². The smallest absolute Gasteiger partial charge is 0.272 e. The van der Waals surface area contributed by atoms with E-state index in [2.05, 4.69) is 17.6 Å². The molecule has 2 atom stereocenters. The summed E-state index contributed by atoms with van der Waals surface area (Å²) in [5.41, 5.74) is 3.16. The van der Waals surface area contributed by atoms with Crippen LogP contribution < -0.4 is 15.5 Å². The summed E-state index contributed by atoms with van der Waals surface area (Å²) in [6, 6.07) is 15.4. The van der Waals surface area contributed by atoms with Gasteiger partial charge in [0.05, 0.1) is 11.4 Å². The van der Waals surface area contributed by atoms with Crippen LogP contribution in [0, 0.1) is 0 Å². The zero-order valence-electron chi connectivity index (χ0n) is 16.1. The van der Waals surface area contributed by atoms with Crippen molar-refractivity contribution in [3.8, 4) is 0 Å². The third-order valence-electron chi connectivity index (χ3n) is 4.70. The van der Waals surface area contributed by atoms with Crippen molar-refractivity contribution in [2.45, 2.75) is 32.5 Å². The highest BCUT2D eigenvalue weighted by atomic mass is 35.5. The van der Waals surface area contributed by atoms with E-state index in [1.165, 1.54) is 0 Å². The number of thiocarbonyl (C=S) groups is 1. The molecule has 2 N–H and O–H groups in total. The number of carbonyl (C=O) groups is 1. The van der Waals surface area contributed by atoms with E-state index in [9.17, 15) is 4.79 Å². The first-order valence-corrected chi connectivity index (χ1v) is 9.97. The molecule has 1 heterocycles. The molecule has 0 spiro atoms. The van der Waals surface area contributed by atoms with Gasteiger partial charge in [-0.2, -0.15) is 0 Å². The third kappa shape index (κ3) is 4.34. The zero-order chi connectivity index (χ0) is 20.3. The summed E-state index contributed by atoms with van der Waals surface area (Å²) in [7, 11) is 1.73. The predicted molar refractivity (Wildman–Crippen MR) is 119 cm³/mol. The lowest BCUT2D eigenvalue weighted by Crippen LogP contribution is -2.50. The van der Waals surface area contributed by atoms with Gasteiger partial charge in [0.25, 0.3) is 5.91 Å². The van der Waals surface area contributed by atoms with Gasteiger partial charge in [-0.05, 0) is 43.8 Å². The van der Waals surface area contributed by atoms with Crippen LogP contribution >= 0.6 is 23.8 Å². The number of hydrogen-bond donors (Lipinski definition) is 2. The molecule has 5 nitrogen and oxygen atoms in total. The molecule has 1 amide bonds. The number of benzodiazepines with no additional fused rings is 1. The Kier molecular flexibility index (Phi) is 6.31. The van der Waals surface area contributed by atoms with E-state index < -0.39 is 6.17 Å². The maximum Gasteiger partial charge on any atom is 0.272 e. The van der Waals surface area contributed by atoms with Crippen molar-refractivity contribution in [2.24, 2.45) is 4.99 Å². The monoisotopic (exact) mass is 414 g/mol. The predicted octanol–water partition coefficient (Wildman–Crippen LogP) is 3.74. The number of halogens is 1. The molecule has 2 aromatic carbocycles. The van der Waals surface area contributed by atoms with Crippen LogP contribution in [0.4, 0.5) is 5.69 Å². The van der Waals surface area contributed by atoms with Gasteiger partial charge in [-0.1, -0.05) is 48.9 Å². The molecule has 146 valence electrons. The van der Waals surface area contributed by atoms with Crippen LogP contribution in [0.1, 0.15) is 31.4 Å². The zero-order valence-corrected chi connectivity index (χ0v) is 17.6. The maximum absolute atomic E-state index is 13.1. The first-order chi connectivity index (χ1) is 13.4. The number of nitrogens with one attached hydrogen (secondary N) is 2. The number of aliphatic imine (C=N–C) groups is 1. The summed E-state index contributed by atoms with van der Waals surface area (Å²) >= 11 is 11.6. The number of rotatable bonds is 4. The van der Waals surface area contributed by atoms with Gasteiger partial charge in [-0.15, -0.1) is 0 Å². The molecule has 2 aromatic rings. The first kappa shape index (κ1) is 20.3. The second kappa shape index (κ2) is 8.71. The highest BCUT2D eigenvalue weighted by Crippen LogP contribution is 2.29. The van der Waals surface area contributed by atoms with Gasteiger partial charge < -0.3 is 15.5 Å². The lowest BCUT2D eigenvalue weighted by atomic mass is 10.0. The molecule has 0 aromatic heterocycles. The lowest BCUT2D eigenvalue weighted by molar-refractivity contribution is -0.119. The van der Waals surface area contributed by atoms with Crippen molar-refractivity contribution in [3.63, 3.8) is 0 Å². The minimum atomic E-state index is -0.838. The number of likely N-dealkylation sites (N-methyl/N-ethyl adjacent to an activating group) is 1. The Bertz CT molecular complexity index is 916. The molecular weight excluding hydrogens is 392 g/mol. The van der Waals surface area contributed by atoms with Gasteiger partial charge in [0.2, 0.25) is 6.17 Å². The normalized spacial score (nSPS) is 17.3. The molecule has 1 aliphatic rings. The Balaban J connectivity index is 2.06. The molecule has 0 aliphatic carbocycles. The highest BCUT2D eigenvalue weighted by molar-refractivity contribution is 7.80. The molecule has 0 saturated heterocycles. The van der Waals surface area contributed by atoms with Crippen LogP contribution in [-0.4, -0.2) is 36.0 Å². The Morgan fingerprint density at radius 3 is 2.68 bits per heavy atom. The number of benzene rings is 2. The number of fused-ring (bicyclic) bond motifs is 1. The summed E-state index contributed by atoms with van der Waals surface area (Å²) in [6.07, 6.45) is 0.0819. The number of anilines is 1. The van der Waals surface area contributed by atoms with Gasteiger partial charge in [0.15, 0.2) is 5.11 Å². The molecule has 7 heteroatoms. The van der Waals surface area contributed by atoms with E-state index >= 15 is 0 Å². The molecule has 0 saturated carbocycles. The van der Waals surface area contributed by atoms with Gasteiger partial charge in [0, 0.05) is 29.2 Å². The van der Waals surface area contributed by atoms with Crippen molar-refractivity contribution in [2.75, 3.05) is 11.9 Å². The lowest BCUT2D eigenvalue weighted by Gasteiger charge is -2.23. The van der Waals surface area contributed by atoms with Gasteiger partial charge in [0.1, 0.15) is 0 Å². The van der Waals surface area contributed by atoms with Crippen LogP contribution in [0.3, 0.4) is 0 Å². The quantitative estimate of drug-likeness (QED) is 0.748. The SMILES string of the molecule is CCC(C)NC(=S)NC1N=C(c2ccccc2)c2cc(Cl)ccc2N(C)C1=O. The van der Waals surface area contributed by atoms with Gasteiger partial charge in [-0.25, -0.2) is 4.99 Å². The molecule has 0 bridgehead atoms. The number of nitrogens with zero attached hydrogens (tertiary/aromatic N) is 2. The minimum absolute atomic E-state index is 0.192. The highest BCUT2D eigenvalue weighted by Gasteiger charge is 2.30. The van der Waals surface area contributed by atoms with Crippen LogP contribution in [0.2, 0.25) is 5.02 Å². The Morgan fingerprint density at radius 2 is 2.00 bits per heavy atom. The Hall–Kier alpha value is -2.44. The molecule has 2 unspecified atom stereocenters. The van der Waals surface area contributed by atoms with E-state index in [1.807, 2.05) is 49.4 Å². The second-order valence-corrected chi connectivity index (χ2v) is 7.58. The van der Waals surface area contributed by atoms with Crippen LogP contribution in [0.25, 0.3) is 0 Å². The summed E-state index contributed by atoms with van der Waals surface area (Å²) in [4.78, 5) is 19.4. The third-order valence-corrected chi connectivity index (χ3v) is 5.17. The molecule has 0 fully saturated rings. The average Bonchev–Trinajstić information content (AvgIpc) is 2.79. The maximum atomic E-state index is 13.1.